The first-order chi connectivity index (χ1) is 3.92. The summed E-state index contributed by atoms with van der Waals surface area (Å²) in [6.07, 6.45) is 0. The van der Waals surface area contributed by atoms with Crippen LogP contribution in [0.2, 0.25) is 0 Å². The largest absolute Gasteiger partial charge is 0.357 e. The second-order valence-corrected chi connectivity index (χ2v) is 5.08. The maximum atomic E-state index is 5.52. The highest BCUT2D eigenvalue weighted by Crippen LogP contribution is 2.26. The summed E-state index contributed by atoms with van der Waals surface area (Å²) in [6.45, 7) is 10.6. The fourth-order valence-corrected chi connectivity index (χ4v) is 0.884. The molecule has 9 heavy (non-hydrogen) atoms. The molecule has 1 unspecified atom stereocenters. The van der Waals surface area contributed by atoms with Gasteiger partial charge in [-0.05, 0) is 26.4 Å². The van der Waals surface area contributed by atoms with Crippen molar-refractivity contribution in [3.8, 4) is 0 Å². The van der Waals surface area contributed by atoms with E-state index in [2.05, 4.69) is 34.6 Å². The highest BCUT2D eigenvalue weighted by atomic mass is 31.1. The van der Waals surface area contributed by atoms with E-state index in [1.807, 2.05) is 0 Å². The van der Waals surface area contributed by atoms with Crippen molar-refractivity contribution in [1.82, 2.24) is 0 Å². The maximum absolute atomic E-state index is 5.52. The summed E-state index contributed by atoms with van der Waals surface area (Å²) in [5.41, 5.74) is 0.715. The molecule has 0 aliphatic rings. The molecular formula is C7H17OP. The Balaban J connectivity index is 3.28. The molecule has 56 valence electrons. The molecule has 0 amide bonds. The Hall–Kier alpha value is 0.390. The van der Waals surface area contributed by atoms with Gasteiger partial charge >= 0.3 is 0 Å². The Morgan fingerprint density at radius 1 is 1.22 bits per heavy atom. The van der Waals surface area contributed by atoms with E-state index in [1.54, 1.807) is 0 Å². The summed E-state index contributed by atoms with van der Waals surface area (Å²) in [6, 6.07) is 0. The second-order valence-electron chi connectivity index (χ2n) is 3.49. The highest BCUT2D eigenvalue weighted by molar-refractivity contribution is 7.33. The predicted octanol–water partition coefficient (Wildman–Crippen LogP) is 2.80. The van der Waals surface area contributed by atoms with Gasteiger partial charge in [0.15, 0.2) is 0 Å². The van der Waals surface area contributed by atoms with Crippen LogP contribution in [-0.4, -0.2) is 11.3 Å². The average molecular weight is 148 g/mol. The molecule has 1 atom stereocenters. The van der Waals surface area contributed by atoms with E-state index in [1.165, 1.54) is 0 Å². The van der Waals surface area contributed by atoms with Crippen molar-refractivity contribution in [1.29, 1.82) is 0 Å². The van der Waals surface area contributed by atoms with Crippen LogP contribution in [-0.2, 0) is 4.52 Å². The second kappa shape index (κ2) is 3.53. The highest BCUT2D eigenvalue weighted by Gasteiger charge is 2.09. The molecule has 1 nitrogen and oxygen atoms in total. The lowest BCUT2D eigenvalue weighted by Crippen LogP contribution is -2.14. The van der Waals surface area contributed by atoms with Gasteiger partial charge in [0, 0.05) is 8.81 Å². The van der Waals surface area contributed by atoms with Crippen molar-refractivity contribution < 1.29 is 4.52 Å². The smallest absolute Gasteiger partial charge is 0.0637 e. The van der Waals surface area contributed by atoms with E-state index in [0.29, 0.717) is 14.5 Å². The molecule has 0 aliphatic heterocycles. The molecule has 0 radical (unpaired) electrons. The summed E-state index contributed by atoms with van der Waals surface area (Å²) in [7, 11) is 0.640. The van der Waals surface area contributed by atoms with Gasteiger partial charge in [-0.2, -0.15) is 0 Å². The molecule has 0 fully saturated rings. The van der Waals surface area contributed by atoms with Crippen LogP contribution in [0.1, 0.15) is 34.6 Å². The van der Waals surface area contributed by atoms with Crippen LogP contribution in [0.15, 0.2) is 0 Å². The third kappa shape index (κ3) is 8.39. The van der Waals surface area contributed by atoms with Gasteiger partial charge in [0.1, 0.15) is 0 Å². The van der Waals surface area contributed by atoms with E-state index >= 15 is 0 Å². The average Bonchev–Trinajstić information content (AvgIpc) is 1.59. The fourth-order valence-electron chi connectivity index (χ4n) is 0.295. The molecule has 0 bridgehead atoms. The topological polar surface area (TPSA) is 9.23 Å². The van der Waals surface area contributed by atoms with E-state index in [9.17, 15) is 0 Å². The van der Waals surface area contributed by atoms with Crippen LogP contribution in [0.5, 0.6) is 0 Å². The zero-order valence-corrected chi connectivity index (χ0v) is 7.99. The third-order valence-corrected chi connectivity index (χ3v) is 1.80. The van der Waals surface area contributed by atoms with Crippen molar-refractivity contribution in [2.24, 2.45) is 0 Å². The van der Waals surface area contributed by atoms with Gasteiger partial charge in [0.25, 0.3) is 0 Å². The molecule has 0 aromatic heterocycles. The van der Waals surface area contributed by atoms with E-state index in [0.717, 1.165) is 0 Å². The maximum Gasteiger partial charge on any atom is 0.0637 e. The first-order valence-electron chi connectivity index (χ1n) is 3.35. The minimum atomic E-state index is 0.0444. The van der Waals surface area contributed by atoms with Crippen LogP contribution >= 0.6 is 8.81 Å². The van der Waals surface area contributed by atoms with Gasteiger partial charge < -0.3 is 4.52 Å². The number of hydrogen-bond acceptors (Lipinski definition) is 1. The molecule has 0 heterocycles. The van der Waals surface area contributed by atoms with Crippen LogP contribution in [0, 0.1) is 0 Å². The molecule has 0 aromatic rings. The predicted molar refractivity (Wildman–Crippen MR) is 44.3 cm³/mol. The summed E-state index contributed by atoms with van der Waals surface area (Å²) in [5, 5.41) is 0. The summed E-state index contributed by atoms with van der Waals surface area (Å²) in [5.74, 6) is 0. The Labute approximate surface area is 60.0 Å². The Morgan fingerprint density at radius 2 is 1.67 bits per heavy atom. The molecule has 0 rings (SSSR count). The molecule has 0 spiro atoms. The van der Waals surface area contributed by atoms with Gasteiger partial charge in [0.2, 0.25) is 0 Å². The molecule has 0 aromatic carbocycles. The van der Waals surface area contributed by atoms with Crippen LogP contribution in [0.4, 0.5) is 0 Å². The van der Waals surface area contributed by atoms with Gasteiger partial charge in [-0.15, -0.1) is 0 Å². The molecule has 2 heteroatoms. The standard InChI is InChI=1S/C7H17OP/c1-6(2)9-8-7(3,4)5/h6,9H,1-5H3. The zero-order chi connectivity index (χ0) is 7.49. The Kier molecular flexibility index (Phi) is 3.68. The van der Waals surface area contributed by atoms with Crippen LogP contribution in [0.3, 0.4) is 0 Å². The van der Waals surface area contributed by atoms with Crippen LogP contribution < -0.4 is 0 Å². The number of hydrogen-bond donors (Lipinski definition) is 0. The Morgan fingerprint density at radius 3 is 1.78 bits per heavy atom. The SMILES string of the molecule is CC(C)POC(C)(C)C. The molecule has 0 saturated heterocycles. The lowest BCUT2D eigenvalue weighted by atomic mass is 10.2. The van der Waals surface area contributed by atoms with Gasteiger partial charge in [-0.3, -0.25) is 0 Å². The van der Waals surface area contributed by atoms with Crippen molar-refractivity contribution in [2.45, 2.75) is 45.9 Å². The summed E-state index contributed by atoms with van der Waals surface area (Å²) >= 11 is 0. The monoisotopic (exact) mass is 148 g/mol. The first-order valence-corrected chi connectivity index (χ1v) is 4.34. The summed E-state index contributed by atoms with van der Waals surface area (Å²) < 4.78 is 5.52. The molecular weight excluding hydrogens is 131 g/mol. The normalized spacial score (nSPS) is 14.0. The van der Waals surface area contributed by atoms with Gasteiger partial charge in [-0.1, -0.05) is 13.8 Å². The molecule has 0 aliphatic carbocycles. The number of rotatable bonds is 2. The van der Waals surface area contributed by atoms with Gasteiger partial charge in [0.05, 0.1) is 5.60 Å². The van der Waals surface area contributed by atoms with Crippen LogP contribution in [0.25, 0.3) is 0 Å². The van der Waals surface area contributed by atoms with Crippen molar-refractivity contribution in [3.05, 3.63) is 0 Å². The minimum Gasteiger partial charge on any atom is -0.357 e. The van der Waals surface area contributed by atoms with Crippen molar-refractivity contribution >= 4 is 8.81 Å². The molecule has 0 saturated carbocycles. The molecule has 0 N–H and O–H groups in total. The van der Waals surface area contributed by atoms with Crippen molar-refractivity contribution in [2.75, 3.05) is 0 Å². The third-order valence-electron chi connectivity index (χ3n) is 0.601. The lowest BCUT2D eigenvalue weighted by Gasteiger charge is -2.20. The quantitative estimate of drug-likeness (QED) is 0.547. The van der Waals surface area contributed by atoms with E-state index in [-0.39, 0.29) is 5.60 Å². The zero-order valence-electron chi connectivity index (χ0n) is 6.99. The first kappa shape index (κ1) is 9.39. The van der Waals surface area contributed by atoms with Crippen molar-refractivity contribution in [3.63, 3.8) is 0 Å². The summed E-state index contributed by atoms with van der Waals surface area (Å²) in [4.78, 5) is 0. The lowest BCUT2D eigenvalue weighted by molar-refractivity contribution is 0.155. The van der Waals surface area contributed by atoms with E-state index in [4.69, 9.17) is 4.52 Å². The minimum absolute atomic E-state index is 0.0444. The van der Waals surface area contributed by atoms with Gasteiger partial charge in [-0.25, -0.2) is 0 Å². The Bertz CT molecular complexity index is 73.5. The fraction of sp³-hybridized carbons (Fsp3) is 1.00. The van der Waals surface area contributed by atoms with E-state index < -0.39 is 0 Å².